The number of anilines is 1. The number of hydrogen-bond acceptors (Lipinski definition) is 4. The van der Waals surface area contributed by atoms with Crippen molar-refractivity contribution >= 4 is 22.6 Å². The van der Waals surface area contributed by atoms with Gasteiger partial charge < -0.3 is 5.32 Å². The molecule has 1 N–H and O–H groups in total. The van der Waals surface area contributed by atoms with Crippen LogP contribution in [0.4, 0.5) is 5.69 Å². The minimum atomic E-state index is -0.212. The maximum absolute atomic E-state index is 13.0. The molecule has 0 aliphatic heterocycles. The first-order chi connectivity index (χ1) is 13.1. The molecule has 0 fully saturated rings. The number of fused-ring (bicyclic) bond motifs is 1. The largest absolute Gasteiger partial charge is 0.321 e. The van der Waals surface area contributed by atoms with Crippen molar-refractivity contribution in [2.75, 3.05) is 5.32 Å². The molecule has 134 valence electrons. The molecule has 4 aromatic rings. The Labute approximate surface area is 156 Å². The summed E-state index contributed by atoms with van der Waals surface area (Å²) in [5.74, 6) is -0.212. The number of pyridine rings is 2. The van der Waals surface area contributed by atoms with Crippen LogP contribution in [0.2, 0.25) is 0 Å². The molecule has 0 atom stereocenters. The Balaban J connectivity index is 1.86. The predicted octanol–water partition coefficient (Wildman–Crippen LogP) is 4.33. The summed E-state index contributed by atoms with van der Waals surface area (Å²) in [4.78, 5) is 21.8. The fourth-order valence-corrected chi connectivity index (χ4v) is 2.98. The van der Waals surface area contributed by atoms with E-state index in [1.54, 1.807) is 30.7 Å². The lowest BCUT2D eigenvalue weighted by Gasteiger charge is -2.11. The van der Waals surface area contributed by atoms with Crippen molar-refractivity contribution in [3.05, 3.63) is 72.7 Å². The summed E-state index contributed by atoms with van der Waals surface area (Å²) in [5.41, 5.74) is 3.57. The van der Waals surface area contributed by atoms with Crippen LogP contribution < -0.4 is 5.32 Å². The third-order valence-electron chi connectivity index (χ3n) is 4.29. The van der Waals surface area contributed by atoms with E-state index in [0.29, 0.717) is 16.9 Å². The van der Waals surface area contributed by atoms with Gasteiger partial charge in [0.2, 0.25) is 0 Å². The molecular formula is C21H19N5O. The second kappa shape index (κ2) is 6.99. The molecular weight excluding hydrogens is 338 g/mol. The molecule has 0 saturated heterocycles. The van der Waals surface area contributed by atoms with Gasteiger partial charge in [0.15, 0.2) is 5.65 Å². The van der Waals surface area contributed by atoms with Gasteiger partial charge in [-0.15, -0.1) is 0 Å². The van der Waals surface area contributed by atoms with Crippen molar-refractivity contribution in [3.63, 3.8) is 0 Å². The van der Waals surface area contributed by atoms with Crippen molar-refractivity contribution < 1.29 is 4.79 Å². The van der Waals surface area contributed by atoms with Crippen molar-refractivity contribution in [1.29, 1.82) is 0 Å². The van der Waals surface area contributed by atoms with Gasteiger partial charge in [-0.25, -0.2) is 9.67 Å². The first-order valence-corrected chi connectivity index (χ1v) is 8.78. The van der Waals surface area contributed by atoms with E-state index in [9.17, 15) is 4.79 Å². The number of nitrogens with one attached hydrogen (secondary N) is 1. The highest BCUT2D eigenvalue weighted by molar-refractivity contribution is 6.12. The normalized spacial score (nSPS) is 11.1. The molecule has 0 aliphatic rings. The van der Waals surface area contributed by atoms with E-state index in [-0.39, 0.29) is 11.9 Å². The lowest BCUT2D eigenvalue weighted by atomic mass is 10.1. The second-order valence-corrected chi connectivity index (χ2v) is 6.54. The van der Waals surface area contributed by atoms with Gasteiger partial charge in [-0.3, -0.25) is 9.78 Å². The van der Waals surface area contributed by atoms with Crippen LogP contribution in [0.3, 0.4) is 0 Å². The molecule has 0 aliphatic carbocycles. The molecule has 3 aromatic heterocycles. The van der Waals surface area contributed by atoms with Crippen LogP contribution in [-0.2, 0) is 0 Å². The summed E-state index contributed by atoms with van der Waals surface area (Å²) in [6.07, 6.45) is 4.99. The summed E-state index contributed by atoms with van der Waals surface area (Å²) in [6.45, 7) is 4.08. The zero-order chi connectivity index (χ0) is 18.8. The Hall–Kier alpha value is -3.54. The van der Waals surface area contributed by atoms with Crippen LogP contribution in [0.15, 0.2) is 67.1 Å². The van der Waals surface area contributed by atoms with Gasteiger partial charge >= 0.3 is 0 Å². The number of amides is 1. The highest BCUT2D eigenvalue weighted by Gasteiger charge is 2.18. The van der Waals surface area contributed by atoms with Crippen molar-refractivity contribution in [1.82, 2.24) is 19.7 Å². The van der Waals surface area contributed by atoms with Gasteiger partial charge in [-0.05, 0) is 32.0 Å². The summed E-state index contributed by atoms with van der Waals surface area (Å²) in [5, 5.41) is 8.07. The molecule has 27 heavy (non-hydrogen) atoms. The maximum atomic E-state index is 13.0. The summed E-state index contributed by atoms with van der Waals surface area (Å²) < 4.78 is 1.84. The van der Waals surface area contributed by atoms with Crippen LogP contribution in [0.5, 0.6) is 0 Å². The number of rotatable bonds is 4. The summed E-state index contributed by atoms with van der Waals surface area (Å²) in [7, 11) is 0. The van der Waals surface area contributed by atoms with Crippen molar-refractivity contribution in [2.45, 2.75) is 19.9 Å². The van der Waals surface area contributed by atoms with Gasteiger partial charge in [0, 0.05) is 17.8 Å². The molecule has 0 unspecified atom stereocenters. The zero-order valence-corrected chi connectivity index (χ0v) is 15.1. The van der Waals surface area contributed by atoms with E-state index >= 15 is 0 Å². The third-order valence-corrected chi connectivity index (χ3v) is 4.29. The van der Waals surface area contributed by atoms with Gasteiger partial charge in [0.05, 0.1) is 34.7 Å². The molecule has 6 nitrogen and oxygen atoms in total. The van der Waals surface area contributed by atoms with Crippen LogP contribution >= 0.6 is 0 Å². The molecule has 0 saturated carbocycles. The zero-order valence-electron chi connectivity index (χ0n) is 15.1. The van der Waals surface area contributed by atoms with Gasteiger partial charge in [0.1, 0.15) is 0 Å². The van der Waals surface area contributed by atoms with Crippen LogP contribution in [-0.4, -0.2) is 25.7 Å². The highest BCUT2D eigenvalue weighted by Crippen LogP contribution is 2.26. The van der Waals surface area contributed by atoms with Gasteiger partial charge in [-0.1, -0.05) is 30.3 Å². The Bertz CT molecular complexity index is 1090. The van der Waals surface area contributed by atoms with Gasteiger partial charge in [0.25, 0.3) is 5.91 Å². The first kappa shape index (κ1) is 16.9. The second-order valence-electron chi connectivity index (χ2n) is 6.54. The number of carbonyl (C=O) groups excluding carboxylic acids is 1. The number of carbonyl (C=O) groups is 1. The molecule has 4 rings (SSSR count). The summed E-state index contributed by atoms with van der Waals surface area (Å²) in [6, 6.07) is 15.4. The van der Waals surface area contributed by atoms with Gasteiger partial charge in [-0.2, -0.15) is 5.10 Å². The van der Waals surface area contributed by atoms with Crippen LogP contribution in [0, 0.1) is 0 Å². The number of aromatic nitrogens is 4. The smallest absolute Gasteiger partial charge is 0.256 e. The van der Waals surface area contributed by atoms with E-state index in [2.05, 4.69) is 15.4 Å². The average molecular weight is 357 g/mol. The van der Waals surface area contributed by atoms with E-state index in [1.807, 2.05) is 54.9 Å². The molecule has 0 spiro atoms. The van der Waals surface area contributed by atoms with Crippen LogP contribution in [0.25, 0.3) is 22.3 Å². The van der Waals surface area contributed by atoms with Crippen molar-refractivity contribution in [3.8, 4) is 11.3 Å². The Morgan fingerprint density at radius 1 is 1.07 bits per heavy atom. The van der Waals surface area contributed by atoms with E-state index in [4.69, 9.17) is 4.98 Å². The SMILES string of the molecule is CC(C)n1ncc2c(C(=O)Nc3cccnc3)cc(-c3ccccc3)nc21. The lowest BCUT2D eigenvalue weighted by molar-refractivity contribution is 0.102. The fraction of sp³-hybridized carbons (Fsp3) is 0.143. The Morgan fingerprint density at radius 2 is 1.89 bits per heavy atom. The highest BCUT2D eigenvalue weighted by atomic mass is 16.1. The molecule has 0 bridgehead atoms. The molecule has 0 radical (unpaired) electrons. The van der Waals surface area contributed by atoms with Crippen molar-refractivity contribution in [2.24, 2.45) is 0 Å². The predicted molar refractivity (Wildman–Crippen MR) is 106 cm³/mol. The lowest BCUT2D eigenvalue weighted by Crippen LogP contribution is -2.13. The number of nitrogens with zero attached hydrogens (tertiary/aromatic N) is 4. The standard InChI is InChI=1S/C21H19N5O/c1-14(2)26-20-18(13-23-26)17(21(27)24-16-9-6-10-22-12-16)11-19(25-20)15-7-4-3-5-8-15/h3-14H,1-2H3,(H,24,27). The van der Waals surface area contributed by atoms with E-state index in [1.165, 1.54) is 0 Å². The molecule has 1 aromatic carbocycles. The first-order valence-electron chi connectivity index (χ1n) is 8.78. The Kier molecular flexibility index (Phi) is 4.38. The average Bonchev–Trinajstić information content (AvgIpc) is 3.13. The minimum Gasteiger partial charge on any atom is -0.321 e. The Morgan fingerprint density at radius 3 is 2.59 bits per heavy atom. The fourth-order valence-electron chi connectivity index (χ4n) is 2.98. The maximum Gasteiger partial charge on any atom is 0.256 e. The van der Waals surface area contributed by atoms with E-state index < -0.39 is 0 Å². The third kappa shape index (κ3) is 3.29. The molecule has 1 amide bonds. The molecule has 6 heteroatoms. The monoisotopic (exact) mass is 357 g/mol. The van der Waals surface area contributed by atoms with E-state index in [0.717, 1.165) is 16.6 Å². The van der Waals surface area contributed by atoms with Crippen LogP contribution in [0.1, 0.15) is 30.2 Å². The number of hydrogen-bond donors (Lipinski definition) is 1. The summed E-state index contributed by atoms with van der Waals surface area (Å²) >= 11 is 0. The molecule has 3 heterocycles. The quantitative estimate of drug-likeness (QED) is 0.590. The topological polar surface area (TPSA) is 72.7 Å². The number of benzene rings is 1. The minimum absolute atomic E-state index is 0.134.